The van der Waals surface area contributed by atoms with Crippen molar-refractivity contribution in [2.24, 2.45) is 11.8 Å². The van der Waals surface area contributed by atoms with Crippen molar-refractivity contribution in [3.05, 3.63) is 0 Å². The summed E-state index contributed by atoms with van der Waals surface area (Å²) in [4.78, 5) is 37.1. The molecule has 2 fully saturated rings. The number of aliphatic carboxylic acids is 1. The van der Waals surface area contributed by atoms with Crippen LogP contribution in [0.4, 0.5) is 0 Å². The van der Waals surface area contributed by atoms with Gasteiger partial charge in [0, 0.05) is 13.1 Å². The summed E-state index contributed by atoms with van der Waals surface area (Å²) in [5.41, 5.74) is 0. The van der Waals surface area contributed by atoms with E-state index >= 15 is 0 Å². The lowest BCUT2D eigenvalue weighted by Gasteiger charge is -2.23. The van der Waals surface area contributed by atoms with Gasteiger partial charge in [-0.1, -0.05) is 6.42 Å². The molecule has 2 N–H and O–H groups in total. The standard InChI is InChI=1S/C14H22N2O4/c1-9(13(18)16-7-2-3-8-16)15-12(17)10-5-4-6-11(10)14(19)20/h9-11H,2-8H2,1H3,(H,15,17)(H,19,20). The van der Waals surface area contributed by atoms with Gasteiger partial charge in [-0.2, -0.15) is 0 Å². The van der Waals surface area contributed by atoms with Crippen LogP contribution in [-0.2, 0) is 14.4 Å². The molecule has 0 aromatic rings. The van der Waals surface area contributed by atoms with Crippen LogP contribution in [0, 0.1) is 11.8 Å². The fraction of sp³-hybridized carbons (Fsp3) is 0.786. The summed E-state index contributed by atoms with van der Waals surface area (Å²) in [6, 6.07) is -0.573. The Bertz CT molecular complexity index is 404. The molecule has 112 valence electrons. The quantitative estimate of drug-likeness (QED) is 0.791. The van der Waals surface area contributed by atoms with E-state index in [1.807, 2.05) is 0 Å². The number of nitrogens with zero attached hydrogens (tertiary/aromatic N) is 1. The number of carboxylic acid groups (broad SMARTS) is 1. The van der Waals surface area contributed by atoms with E-state index in [1.165, 1.54) is 0 Å². The topological polar surface area (TPSA) is 86.7 Å². The molecule has 0 radical (unpaired) electrons. The molecule has 0 bridgehead atoms. The minimum atomic E-state index is -0.916. The zero-order chi connectivity index (χ0) is 14.7. The first-order valence-corrected chi connectivity index (χ1v) is 7.32. The number of hydrogen-bond donors (Lipinski definition) is 2. The summed E-state index contributed by atoms with van der Waals surface area (Å²) in [5.74, 6) is -2.39. The third-order valence-corrected chi connectivity index (χ3v) is 4.32. The minimum absolute atomic E-state index is 0.0688. The Labute approximate surface area is 118 Å². The van der Waals surface area contributed by atoms with Gasteiger partial charge in [-0.15, -0.1) is 0 Å². The number of nitrogens with one attached hydrogen (secondary N) is 1. The predicted octanol–water partition coefficient (Wildman–Crippen LogP) is 0.614. The Morgan fingerprint density at radius 2 is 1.70 bits per heavy atom. The highest BCUT2D eigenvalue weighted by molar-refractivity contribution is 5.90. The number of amides is 2. The molecule has 20 heavy (non-hydrogen) atoms. The molecule has 6 nitrogen and oxygen atoms in total. The summed E-state index contributed by atoms with van der Waals surface area (Å²) in [5, 5.41) is 11.8. The number of hydrogen-bond acceptors (Lipinski definition) is 3. The molecule has 1 heterocycles. The molecule has 0 spiro atoms. The molecule has 2 rings (SSSR count). The third-order valence-electron chi connectivity index (χ3n) is 4.32. The molecule has 6 heteroatoms. The molecular formula is C14H22N2O4. The third kappa shape index (κ3) is 3.11. The van der Waals surface area contributed by atoms with Gasteiger partial charge >= 0.3 is 5.97 Å². The van der Waals surface area contributed by atoms with Gasteiger partial charge in [0.2, 0.25) is 11.8 Å². The molecule has 0 aromatic carbocycles. The van der Waals surface area contributed by atoms with Gasteiger partial charge in [-0.05, 0) is 32.6 Å². The van der Waals surface area contributed by atoms with Gasteiger partial charge in [0.1, 0.15) is 6.04 Å². The van der Waals surface area contributed by atoms with E-state index in [4.69, 9.17) is 5.11 Å². The van der Waals surface area contributed by atoms with E-state index in [2.05, 4.69) is 5.32 Å². The highest BCUT2D eigenvalue weighted by Gasteiger charge is 2.38. The van der Waals surface area contributed by atoms with E-state index in [0.29, 0.717) is 12.8 Å². The molecule has 1 aliphatic heterocycles. The van der Waals surface area contributed by atoms with Gasteiger partial charge < -0.3 is 15.3 Å². The predicted molar refractivity (Wildman–Crippen MR) is 71.9 cm³/mol. The number of rotatable bonds is 4. The van der Waals surface area contributed by atoms with Crippen LogP contribution in [0.2, 0.25) is 0 Å². The van der Waals surface area contributed by atoms with E-state index < -0.39 is 23.8 Å². The number of carbonyl (C=O) groups excluding carboxylic acids is 2. The first-order chi connectivity index (χ1) is 9.50. The maximum Gasteiger partial charge on any atom is 0.307 e. The second-order valence-electron chi connectivity index (χ2n) is 5.74. The van der Waals surface area contributed by atoms with E-state index in [1.54, 1.807) is 11.8 Å². The minimum Gasteiger partial charge on any atom is -0.481 e. The normalized spacial score (nSPS) is 27.4. The molecule has 2 amide bonds. The maximum absolute atomic E-state index is 12.1. The molecule has 1 saturated carbocycles. The lowest BCUT2D eigenvalue weighted by atomic mass is 9.95. The molecule has 3 atom stereocenters. The maximum atomic E-state index is 12.1. The summed E-state index contributed by atoms with van der Waals surface area (Å²) in [7, 11) is 0. The van der Waals surface area contributed by atoms with Crippen molar-refractivity contribution in [1.82, 2.24) is 10.2 Å². The monoisotopic (exact) mass is 282 g/mol. The van der Waals surface area contributed by atoms with Gasteiger partial charge in [-0.25, -0.2) is 0 Å². The zero-order valence-electron chi connectivity index (χ0n) is 11.8. The first-order valence-electron chi connectivity index (χ1n) is 7.32. The van der Waals surface area contributed by atoms with Crippen molar-refractivity contribution in [1.29, 1.82) is 0 Å². The van der Waals surface area contributed by atoms with E-state index in [9.17, 15) is 14.4 Å². The number of carboxylic acids is 1. The van der Waals surface area contributed by atoms with Crippen LogP contribution in [-0.4, -0.2) is 46.9 Å². The van der Waals surface area contributed by atoms with E-state index in [-0.39, 0.29) is 11.8 Å². The van der Waals surface area contributed by atoms with Crippen molar-refractivity contribution in [3.63, 3.8) is 0 Å². The molecule has 2 aliphatic rings. The lowest BCUT2D eigenvalue weighted by molar-refractivity contribution is -0.146. The van der Waals surface area contributed by atoms with Crippen LogP contribution < -0.4 is 5.32 Å². The Kier molecular flexibility index (Phi) is 4.62. The summed E-state index contributed by atoms with van der Waals surface area (Å²) < 4.78 is 0. The molecular weight excluding hydrogens is 260 g/mol. The van der Waals surface area contributed by atoms with Gasteiger partial charge in [-0.3, -0.25) is 14.4 Å². The smallest absolute Gasteiger partial charge is 0.307 e. The molecule has 1 aliphatic carbocycles. The summed E-state index contributed by atoms with van der Waals surface area (Å²) in [6.45, 7) is 3.17. The Morgan fingerprint density at radius 3 is 2.30 bits per heavy atom. The average molecular weight is 282 g/mol. The van der Waals surface area contributed by atoms with Crippen molar-refractivity contribution in [2.75, 3.05) is 13.1 Å². The van der Waals surface area contributed by atoms with E-state index in [0.717, 1.165) is 32.4 Å². The van der Waals surface area contributed by atoms with Crippen LogP contribution in [0.25, 0.3) is 0 Å². The Hall–Kier alpha value is -1.59. The van der Waals surface area contributed by atoms with Crippen molar-refractivity contribution in [2.45, 2.75) is 45.1 Å². The van der Waals surface area contributed by atoms with Crippen molar-refractivity contribution >= 4 is 17.8 Å². The number of likely N-dealkylation sites (tertiary alicyclic amines) is 1. The highest BCUT2D eigenvalue weighted by Crippen LogP contribution is 2.32. The van der Waals surface area contributed by atoms with Crippen LogP contribution in [0.15, 0.2) is 0 Å². The van der Waals surface area contributed by atoms with Gasteiger partial charge in [0.05, 0.1) is 11.8 Å². The zero-order valence-corrected chi connectivity index (χ0v) is 11.8. The highest BCUT2D eigenvalue weighted by atomic mass is 16.4. The van der Waals surface area contributed by atoms with Crippen molar-refractivity contribution < 1.29 is 19.5 Å². The first kappa shape index (κ1) is 14.8. The van der Waals surface area contributed by atoms with Crippen LogP contribution in [0.1, 0.15) is 39.0 Å². The Morgan fingerprint density at radius 1 is 1.10 bits per heavy atom. The molecule has 0 aromatic heterocycles. The van der Waals surface area contributed by atoms with Crippen LogP contribution in [0.3, 0.4) is 0 Å². The van der Waals surface area contributed by atoms with Crippen LogP contribution >= 0.6 is 0 Å². The summed E-state index contributed by atoms with van der Waals surface area (Å²) >= 11 is 0. The van der Waals surface area contributed by atoms with Gasteiger partial charge in [0.25, 0.3) is 0 Å². The van der Waals surface area contributed by atoms with Crippen molar-refractivity contribution in [3.8, 4) is 0 Å². The second-order valence-corrected chi connectivity index (χ2v) is 5.74. The summed E-state index contributed by atoms with van der Waals surface area (Å²) in [6.07, 6.45) is 3.91. The van der Waals surface area contributed by atoms with Crippen LogP contribution in [0.5, 0.6) is 0 Å². The SMILES string of the molecule is CC(NC(=O)C1CCCC1C(=O)O)C(=O)N1CCCC1. The average Bonchev–Trinajstić information content (AvgIpc) is 3.08. The fourth-order valence-corrected chi connectivity index (χ4v) is 3.16. The Balaban J connectivity index is 1.90. The number of carbonyl (C=O) groups is 3. The second kappa shape index (κ2) is 6.24. The molecule has 3 unspecified atom stereocenters. The molecule has 1 saturated heterocycles. The largest absolute Gasteiger partial charge is 0.481 e. The lowest BCUT2D eigenvalue weighted by Crippen LogP contribution is -2.48. The fourth-order valence-electron chi connectivity index (χ4n) is 3.16. The van der Waals surface area contributed by atoms with Gasteiger partial charge in [0.15, 0.2) is 0 Å².